The summed E-state index contributed by atoms with van der Waals surface area (Å²) in [7, 11) is 1.86. The minimum atomic E-state index is -1.01. The van der Waals surface area contributed by atoms with Crippen LogP contribution in [-0.4, -0.2) is 33.3 Å². The Morgan fingerprint density at radius 1 is 1.40 bits per heavy atom. The first-order valence-corrected chi connectivity index (χ1v) is 6.97. The first kappa shape index (κ1) is 14.3. The smallest absolute Gasteiger partial charge is 0.345 e. The molecular weight excluding hydrogens is 278 g/mol. The molecule has 1 amide bonds. The number of nitrogens with one attached hydrogen (secondary N) is 1. The van der Waals surface area contributed by atoms with Gasteiger partial charge in [0.1, 0.15) is 4.88 Å². The summed E-state index contributed by atoms with van der Waals surface area (Å²) in [4.78, 5) is 23.1. The van der Waals surface area contributed by atoms with Crippen LogP contribution in [0.5, 0.6) is 0 Å². The molecule has 0 saturated carbocycles. The quantitative estimate of drug-likeness (QED) is 0.791. The zero-order chi connectivity index (χ0) is 14.5. The molecule has 2 rings (SSSR count). The lowest BCUT2D eigenvalue weighted by molar-refractivity contribution is 0.0702. The molecule has 2 aromatic rings. The standard InChI is InChI=1S/C13H15N3O3S/c1-16-8-9(7-15-16)3-2-6-14-12(17)10-4-5-11(20-10)13(18)19/h4-5,7-8H,2-3,6H2,1H3,(H,14,17)(H,18,19). The lowest BCUT2D eigenvalue weighted by Gasteiger charge is -2.02. The Kier molecular flexibility index (Phi) is 4.52. The number of aromatic nitrogens is 2. The third-order valence-electron chi connectivity index (χ3n) is 2.73. The number of amides is 1. The maximum atomic E-state index is 11.8. The van der Waals surface area contributed by atoms with Crippen molar-refractivity contribution in [2.24, 2.45) is 7.05 Å². The van der Waals surface area contributed by atoms with Crippen LogP contribution >= 0.6 is 11.3 Å². The number of carbonyl (C=O) groups is 2. The number of carboxylic acid groups (broad SMARTS) is 1. The second kappa shape index (κ2) is 6.33. The van der Waals surface area contributed by atoms with Crippen molar-refractivity contribution in [3.63, 3.8) is 0 Å². The highest BCUT2D eigenvalue weighted by molar-refractivity contribution is 7.15. The summed E-state index contributed by atoms with van der Waals surface area (Å²) in [6.07, 6.45) is 5.41. The topological polar surface area (TPSA) is 84.2 Å². The van der Waals surface area contributed by atoms with Gasteiger partial charge < -0.3 is 10.4 Å². The number of hydrogen-bond donors (Lipinski definition) is 2. The van der Waals surface area contributed by atoms with Crippen molar-refractivity contribution in [1.29, 1.82) is 0 Å². The van der Waals surface area contributed by atoms with Crippen molar-refractivity contribution >= 4 is 23.2 Å². The van der Waals surface area contributed by atoms with Gasteiger partial charge in [-0.2, -0.15) is 5.10 Å². The zero-order valence-corrected chi connectivity index (χ0v) is 11.8. The molecule has 7 heteroatoms. The lowest BCUT2D eigenvalue weighted by atomic mass is 10.2. The fourth-order valence-corrected chi connectivity index (χ4v) is 2.52. The van der Waals surface area contributed by atoms with E-state index < -0.39 is 5.97 Å². The van der Waals surface area contributed by atoms with Crippen molar-refractivity contribution in [1.82, 2.24) is 15.1 Å². The number of aryl methyl sites for hydroxylation is 2. The summed E-state index contributed by atoms with van der Waals surface area (Å²) in [5, 5.41) is 15.6. The second-order valence-electron chi connectivity index (χ2n) is 4.35. The van der Waals surface area contributed by atoms with Crippen molar-refractivity contribution in [2.75, 3.05) is 6.54 Å². The van der Waals surface area contributed by atoms with E-state index in [0.717, 1.165) is 29.7 Å². The Labute approximate surface area is 120 Å². The molecule has 0 aliphatic rings. The van der Waals surface area contributed by atoms with Crippen LogP contribution in [0.2, 0.25) is 0 Å². The summed E-state index contributed by atoms with van der Waals surface area (Å²) in [5.41, 5.74) is 1.13. The molecule has 0 spiro atoms. The molecule has 0 aliphatic heterocycles. The highest BCUT2D eigenvalue weighted by atomic mass is 32.1. The van der Waals surface area contributed by atoms with E-state index in [-0.39, 0.29) is 10.8 Å². The van der Waals surface area contributed by atoms with Crippen LogP contribution in [0.15, 0.2) is 24.5 Å². The SMILES string of the molecule is Cn1cc(CCCNC(=O)c2ccc(C(=O)O)s2)cn1. The molecule has 2 heterocycles. The molecule has 0 unspecified atom stereocenters. The van der Waals surface area contributed by atoms with E-state index in [9.17, 15) is 9.59 Å². The van der Waals surface area contributed by atoms with E-state index >= 15 is 0 Å². The predicted molar refractivity (Wildman–Crippen MR) is 75.1 cm³/mol. The minimum Gasteiger partial charge on any atom is -0.477 e. The number of carbonyl (C=O) groups excluding carboxylic acids is 1. The molecule has 0 fully saturated rings. The van der Waals surface area contributed by atoms with Gasteiger partial charge in [-0.15, -0.1) is 11.3 Å². The van der Waals surface area contributed by atoms with Gasteiger partial charge in [-0.05, 0) is 30.5 Å². The number of hydrogen-bond acceptors (Lipinski definition) is 4. The van der Waals surface area contributed by atoms with Crippen LogP contribution in [0.25, 0.3) is 0 Å². The summed E-state index contributed by atoms with van der Waals surface area (Å²) in [5.74, 6) is -1.24. The van der Waals surface area contributed by atoms with Gasteiger partial charge in [-0.1, -0.05) is 0 Å². The van der Waals surface area contributed by atoms with Gasteiger partial charge in [0.25, 0.3) is 5.91 Å². The van der Waals surface area contributed by atoms with Gasteiger partial charge in [0.15, 0.2) is 0 Å². The number of aromatic carboxylic acids is 1. The van der Waals surface area contributed by atoms with Crippen LogP contribution in [0.1, 0.15) is 31.3 Å². The average Bonchev–Trinajstić information content (AvgIpc) is 3.03. The Balaban J connectivity index is 1.75. The Bertz CT molecular complexity index is 618. The molecular formula is C13H15N3O3S. The highest BCUT2D eigenvalue weighted by Crippen LogP contribution is 2.16. The van der Waals surface area contributed by atoms with Gasteiger partial charge in [0.05, 0.1) is 11.1 Å². The predicted octanol–water partition coefficient (Wildman–Crippen LogP) is 1.54. The van der Waals surface area contributed by atoms with Crippen LogP contribution in [0.3, 0.4) is 0 Å². The monoisotopic (exact) mass is 293 g/mol. The average molecular weight is 293 g/mol. The van der Waals surface area contributed by atoms with Crippen molar-refractivity contribution in [3.05, 3.63) is 39.8 Å². The molecule has 6 nitrogen and oxygen atoms in total. The van der Waals surface area contributed by atoms with E-state index in [1.807, 2.05) is 13.2 Å². The molecule has 20 heavy (non-hydrogen) atoms. The first-order valence-electron chi connectivity index (χ1n) is 6.15. The molecule has 0 bridgehead atoms. The molecule has 2 N–H and O–H groups in total. The van der Waals surface area contributed by atoms with Gasteiger partial charge in [0, 0.05) is 19.8 Å². The largest absolute Gasteiger partial charge is 0.477 e. The Morgan fingerprint density at radius 3 is 2.75 bits per heavy atom. The molecule has 106 valence electrons. The maximum absolute atomic E-state index is 11.8. The van der Waals surface area contributed by atoms with Gasteiger partial charge in [0.2, 0.25) is 0 Å². The number of nitrogens with zero attached hydrogens (tertiary/aromatic N) is 2. The van der Waals surface area contributed by atoms with Gasteiger partial charge >= 0.3 is 5.97 Å². The van der Waals surface area contributed by atoms with Crippen molar-refractivity contribution in [2.45, 2.75) is 12.8 Å². The summed E-state index contributed by atoms with van der Waals surface area (Å²) < 4.78 is 1.74. The van der Waals surface area contributed by atoms with Gasteiger partial charge in [-0.3, -0.25) is 9.48 Å². The van der Waals surface area contributed by atoms with Crippen LogP contribution < -0.4 is 5.32 Å². The van der Waals surface area contributed by atoms with Crippen LogP contribution in [0, 0.1) is 0 Å². The van der Waals surface area contributed by atoms with Crippen molar-refractivity contribution < 1.29 is 14.7 Å². The molecule has 0 radical (unpaired) electrons. The highest BCUT2D eigenvalue weighted by Gasteiger charge is 2.12. The molecule has 0 atom stereocenters. The van der Waals surface area contributed by atoms with E-state index in [1.54, 1.807) is 10.9 Å². The minimum absolute atomic E-state index is 0.172. The normalized spacial score (nSPS) is 10.4. The third-order valence-corrected chi connectivity index (χ3v) is 3.80. The first-order chi connectivity index (χ1) is 9.56. The molecule has 0 saturated heterocycles. The summed E-state index contributed by atoms with van der Waals surface area (Å²) in [6, 6.07) is 2.97. The van der Waals surface area contributed by atoms with E-state index in [1.165, 1.54) is 12.1 Å². The Hall–Kier alpha value is -2.15. The van der Waals surface area contributed by atoms with E-state index in [4.69, 9.17) is 5.11 Å². The van der Waals surface area contributed by atoms with Gasteiger partial charge in [-0.25, -0.2) is 4.79 Å². The second-order valence-corrected chi connectivity index (χ2v) is 5.43. The number of carboxylic acids is 1. The van der Waals surface area contributed by atoms with Crippen molar-refractivity contribution in [3.8, 4) is 0 Å². The fraction of sp³-hybridized carbons (Fsp3) is 0.308. The van der Waals surface area contributed by atoms with Crippen LogP contribution in [0.4, 0.5) is 0 Å². The molecule has 2 aromatic heterocycles. The zero-order valence-electron chi connectivity index (χ0n) is 11.0. The van der Waals surface area contributed by atoms with E-state index in [0.29, 0.717) is 11.4 Å². The fourth-order valence-electron chi connectivity index (χ4n) is 1.76. The maximum Gasteiger partial charge on any atom is 0.345 e. The van der Waals surface area contributed by atoms with Crippen LogP contribution in [-0.2, 0) is 13.5 Å². The molecule has 0 aliphatic carbocycles. The Morgan fingerprint density at radius 2 is 2.15 bits per heavy atom. The third kappa shape index (κ3) is 3.67. The summed E-state index contributed by atoms with van der Waals surface area (Å²) >= 11 is 0.982. The summed E-state index contributed by atoms with van der Waals surface area (Å²) in [6.45, 7) is 0.550. The number of thiophene rings is 1. The lowest BCUT2D eigenvalue weighted by Crippen LogP contribution is -2.23. The molecule has 0 aromatic carbocycles. The van der Waals surface area contributed by atoms with E-state index in [2.05, 4.69) is 10.4 Å². The number of rotatable bonds is 6.